The molecule has 2 heteroatoms. The van der Waals surface area contributed by atoms with Gasteiger partial charge in [-0.15, -0.1) is 0 Å². The van der Waals surface area contributed by atoms with Gasteiger partial charge in [0, 0.05) is 14.4 Å². The standard InChI is InChI=1S/C28H36Br2/c1-5-8-16-27(7-3)17-9-15-26(4,14-6-2)28(27)24-18-20(29)10-12-22(24)23-13-11-21(30)19-25(23)28/h10-13,18-19H,5-9,14-17H2,1-4H3. The first-order valence-electron chi connectivity index (χ1n) is 12.0. The van der Waals surface area contributed by atoms with Crippen molar-refractivity contribution in [1.82, 2.24) is 0 Å². The van der Waals surface area contributed by atoms with Crippen molar-refractivity contribution in [2.24, 2.45) is 10.8 Å². The van der Waals surface area contributed by atoms with Gasteiger partial charge in [-0.2, -0.15) is 0 Å². The highest BCUT2D eigenvalue weighted by atomic mass is 79.9. The van der Waals surface area contributed by atoms with E-state index in [1.165, 1.54) is 77.9 Å². The van der Waals surface area contributed by atoms with Crippen molar-refractivity contribution in [2.75, 3.05) is 0 Å². The first-order valence-corrected chi connectivity index (χ1v) is 13.6. The highest BCUT2D eigenvalue weighted by Gasteiger charge is 2.65. The molecule has 30 heavy (non-hydrogen) atoms. The summed E-state index contributed by atoms with van der Waals surface area (Å²) in [6.45, 7) is 9.84. The molecule has 2 aromatic rings. The van der Waals surface area contributed by atoms with E-state index in [0.717, 1.165) is 0 Å². The van der Waals surface area contributed by atoms with Gasteiger partial charge in [0.1, 0.15) is 0 Å². The molecule has 162 valence electrons. The number of unbranched alkanes of at least 4 members (excludes halogenated alkanes) is 1. The lowest BCUT2D eigenvalue weighted by atomic mass is 9.40. The molecule has 4 rings (SSSR count). The normalized spacial score (nSPS) is 26.6. The Morgan fingerprint density at radius 3 is 1.90 bits per heavy atom. The molecule has 0 aliphatic heterocycles. The van der Waals surface area contributed by atoms with E-state index in [-0.39, 0.29) is 10.8 Å². The zero-order chi connectivity index (χ0) is 21.6. The van der Waals surface area contributed by atoms with Gasteiger partial charge in [0.25, 0.3) is 0 Å². The van der Waals surface area contributed by atoms with Gasteiger partial charge in [-0.3, -0.25) is 0 Å². The molecule has 2 unspecified atom stereocenters. The molecule has 0 heterocycles. The first-order chi connectivity index (χ1) is 14.4. The predicted octanol–water partition coefficient (Wildman–Crippen LogP) is 10.1. The quantitative estimate of drug-likeness (QED) is 0.347. The number of hydrogen-bond acceptors (Lipinski definition) is 0. The van der Waals surface area contributed by atoms with Gasteiger partial charge in [-0.05, 0) is 89.5 Å². The summed E-state index contributed by atoms with van der Waals surface area (Å²) in [4.78, 5) is 0. The highest BCUT2D eigenvalue weighted by Crippen LogP contribution is 2.73. The van der Waals surface area contributed by atoms with Gasteiger partial charge < -0.3 is 0 Å². The van der Waals surface area contributed by atoms with Crippen LogP contribution in [-0.4, -0.2) is 0 Å². The van der Waals surface area contributed by atoms with E-state index >= 15 is 0 Å². The minimum absolute atomic E-state index is 0.0798. The Kier molecular flexibility index (Phi) is 6.32. The number of rotatable bonds is 6. The summed E-state index contributed by atoms with van der Waals surface area (Å²) in [7, 11) is 0. The maximum Gasteiger partial charge on any atom is 0.0325 e. The lowest BCUT2D eigenvalue weighted by Crippen LogP contribution is -2.58. The van der Waals surface area contributed by atoms with Gasteiger partial charge in [-0.1, -0.05) is 97.4 Å². The third kappa shape index (κ3) is 3.03. The van der Waals surface area contributed by atoms with Crippen molar-refractivity contribution < 1.29 is 0 Å². The SMILES string of the molecule is CCCCC1(CC)CCCC(C)(CCC)C12c1cc(Br)ccc1-c1ccc(Br)cc12. The molecular formula is C28H36Br2. The summed E-state index contributed by atoms with van der Waals surface area (Å²) < 4.78 is 2.44. The molecule has 1 saturated carbocycles. The Morgan fingerprint density at radius 2 is 1.40 bits per heavy atom. The molecule has 1 spiro atoms. The van der Waals surface area contributed by atoms with Gasteiger partial charge in [-0.25, -0.2) is 0 Å². The van der Waals surface area contributed by atoms with Crippen molar-refractivity contribution in [3.05, 3.63) is 56.5 Å². The second-order valence-corrected chi connectivity index (χ2v) is 11.9. The molecule has 0 amide bonds. The molecule has 1 fully saturated rings. The largest absolute Gasteiger partial charge is 0.0654 e. The second kappa shape index (κ2) is 8.39. The molecule has 0 nitrogen and oxygen atoms in total. The predicted molar refractivity (Wildman–Crippen MR) is 137 cm³/mol. The number of hydrogen-bond donors (Lipinski definition) is 0. The average molecular weight is 532 g/mol. The Hall–Kier alpha value is -0.600. The lowest BCUT2D eigenvalue weighted by Gasteiger charge is -2.63. The molecule has 0 saturated heterocycles. The summed E-state index contributed by atoms with van der Waals surface area (Å²) >= 11 is 7.71. The molecule has 0 N–H and O–H groups in total. The van der Waals surface area contributed by atoms with Crippen LogP contribution in [0.4, 0.5) is 0 Å². The summed E-state index contributed by atoms with van der Waals surface area (Å²) in [5.41, 5.74) is 6.80. The Morgan fingerprint density at radius 1 is 0.800 bits per heavy atom. The minimum atomic E-state index is 0.0798. The van der Waals surface area contributed by atoms with Crippen LogP contribution in [0.5, 0.6) is 0 Å². The molecule has 2 aliphatic rings. The Bertz CT molecular complexity index is 875. The van der Waals surface area contributed by atoms with Crippen molar-refractivity contribution in [3.8, 4) is 11.1 Å². The summed E-state index contributed by atoms with van der Waals surface area (Å²) in [5, 5.41) is 0. The average Bonchev–Trinajstić information content (AvgIpc) is 3.00. The highest BCUT2D eigenvalue weighted by molar-refractivity contribution is 9.10. The van der Waals surface area contributed by atoms with Crippen LogP contribution in [0.1, 0.15) is 96.6 Å². The molecule has 2 atom stereocenters. The molecule has 0 radical (unpaired) electrons. The van der Waals surface area contributed by atoms with Crippen LogP contribution in [-0.2, 0) is 5.41 Å². The van der Waals surface area contributed by atoms with Gasteiger partial charge >= 0.3 is 0 Å². The minimum Gasteiger partial charge on any atom is -0.0654 e. The van der Waals surface area contributed by atoms with E-state index in [9.17, 15) is 0 Å². The van der Waals surface area contributed by atoms with E-state index < -0.39 is 0 Å². The smallest absolute Gasteiger partial charge is 0.0325 e. The van der Waals surface area contributed by atoms with E-state index in [4.69, 9.17) is 0 Å². The van der Waals surface area contributed by atoms with Crippen molar-refractivity contribution in [1.29, 1.82) is 0 Å². The first kappa shape index (κ1) is 22.6. The Labute approximate surface area is 200 Å². The Balaban J connectivity index is 2.15. The van der Waals surface area contributed by atoms with E-state index in [1.807, 2.05) is 0 Å². The molecule has 2 aliphatic carbocycles. The van der Waals surface area contributed by atoms with E-state index in [0.29, 0.717) is 5.41 Å². The lowest BCUT2D eigenvalue weighted by molar-refractivity contribution is -0.0442. The fourth-order valence-electron chi connectivity index (χ4n) is 7.63. The third-order valence-corrected chi connectivity index (χ3v) is 9.62. The fourth-order valence-corrected chi connectivity index (χ4v) is 8.35. The maximum atomic E-state index is 3.85. The maximum absolute atomic E-state index is 3.85. The zero-order valence-electron chi connectivity index (χ0n) is 19.1. The summed E-state index contributed by atoms with van der Waals surface area (Å²) in [5.74, 6) is 0. The fraction of sp³-hybridized carbons (Fsp3) is 0.571. The second-order valence-electron chi connectivity index (χ2n) is 10.0. The molecular weight excluding hydrogens is 496 g/mol. The van der Waals surface area contributed by atoms with Crippen LogP contribution < -0.4 is 0 Å². The summed E-state index contributed by atoms with van der Waals surface area (Å²) in [6.07, 6.45) is 11.8. The van der Waals surface area contributed by atoms with Crippen molar-refractivity contribution >= 4 is 31.9 Å². The third-order valence-electron chi connectivity index (χ3n) is 8.63. The van der Waals surface area contributed by atoms with Crippen LogP contribution in [0, 0.1) is 10.8 Å². The number of benzene rings is 2. The summed E-state index contributed by atoms with van der Waals surface area (Å²) in [6, 6.07) is 14.2. The van der Waals surface area contributed by atoms with E-state index in [1.54, 1.807) is 11.1 Å². The van der Waals surface area contributed by atoms with Crippen LogP contribution in [0.2, 0.25) is 0 Å². The van der Waals surface area contributed by atoms with Crippen molar-refractivity contribution in [2.45, 2.75) is 90.9 Å². The number of halogens is 2. The zero-order valence-corrected chi connectivity index (χ0v) is 22.3. The van der Waals surface area contributed by atoms with Gasteiger partial charge in [0.05, 0.1) is 0 Å². The van der Waals surface area contributed by atoms with Crippen LogP contribution in [0.25, 0.3) is 11.1 Å². The molecule has 0 bridgehead atoms. The van der Waals surface area contributed by atoms with Crippen LogP contribution in [0.3, 0.4) is 0 Å². The van der Waals surface area contributed by atoms with Crippen LogP contribution >= 0.6 is 31.9 Å². The van der Waals surface area contributed by atoms with Gasteiger partial charge in [0.2, 0.25) is 0 Å². The van der Waals surface area contributed by atoms with E-state index in [2.05, 4.69) is 96.0 Å². The number of fused-ring (bicyclic) bond motifs is 5. The van der Waals surface area contributed by atoms with Crippen molar-refractivity contribution in [3.63, 3.8) is 0 Å². The van der Waals surface area contributed by atoms with Crippen LogP contribution in [0.15, 0.2) is 45.3 Å². The topological polar surface area (TPSA) is 0 Å². The van der Waals surface area contributed by atoms with Gasteiger partial charge in [0.15, 0.2) is 0 Å². The molecule has 0 aromatic heterocycles. The molecule has 2 aromatic carbocycles. The monoisotopic (exact) mass is 530 g/mol.